The number of aryl methyl sites for hydroxylation is 1. The molecule has 3 aromatic rings. The zero-order valence-corrected chi connectivity index (χ0v) is 22.1. The summed E-state index contributed by atoms with van der Waals surface area (Å²) < 4.78 is 53.3. The van der Waals surface area contributed by atoms with Gasteiger partial charge in [0.1, 0.15) is 9.64 Å². The summed E-state index contributed by atoms with van der Waals surface area (Å²) in [4.78, 5) is 17.4. The van der Waals surface area contributed by atoms with Crippen molar-refractivity contribution in [2.75, 3.05) is 18.8 Å². The molecule has 1 saturated heterocycles. The van der Waals surface area contributed by atoms with Gasteiger partial charge in [-0.25, -0.2) is 22.3 Å². The maximum atomic E-state index is 13.7. The summed E-state index contributed by atoms with van der Waals surface area (Å²) in [5.41, 5.74) is 3.63. The van der Waals surface area contributed by atoms with E-state index in [1.807, 2.05) is 30.3 Å². The smallest absolute Gasteiger partial charge is 0.245 e. The summed E-state index contributed by atoms with van der Waals surface area (Å²) in [7, 11) is -8.00. The van der Waals surface area contributed by atoms with Crippen LogP contribution in [0.2, 0.25) is 0 Å². The SMILES string of the molecule is CCc1ccc(-c2ccc(C3(CC(=O)NO)CCN(S(=O)(=O)c4cccnc4)CCS3(=O)=O)s2)cc1. The number of thiophene rings is 1. The lowest BCUT2D eigenvalue weighted by Gasteiger charge is -2.30. The van der Waals surface area contributed by atoms with Crippen LogP contribution < -0.4 is 5.48 Å². The van der Waals surface area contributed by atoms with E-state index in [2.05, 4.69) is 11.9 Å². The van der Waals surface area contributed by atoms with E-state index in [1.165, 1.54) is 41.4 Å². The van der Waals surface area contributed by atoms with E-state index in [0.717, 1.165) is 21.2 Å². The Morgan fingerprint density at radius 1 is 1.17 bits per heavy atom. The molecule has 4 rings (SSSR count). The zero-order chi connectivity index (χ0) is 26.0. The Morgan fingerprint density at radius 3 is 2.56 bits per heavy atom. The van der Waals surface area contributed by atoms with Crippen molar-refractivity contribution in [2.24, 2.45) is 0 Å². The van der Waals surface area contributed by atoms with E-state index < -0.39 is 42.7 Å². The first-order valence-electron chi connectivity index (χ1n) is 11.4. The van der Waals surface area contributed by atoms with Crippen LogP contribution in [0.3, 0.4) is 0 Å². The molecule has 0 bridgehead atoms. The average molecular weight is 550 g/mol. The molecular weight excluding hydrogens is 522 g/mol. The summed E-state index contributed by atoms with van der Waals surface area (Å²) in [6.07, 6.45) is 2.90. The normalized spacial score (nSPS) is 20.5. The number of nitrogens with zero attached hydrogens (tertiary/aromatic N) is 2. The summed E-state index contributed by atoms with van der Waals surface area (Å²) >= 11 is 1.26. The first kappa shape index (κ1) is 26.4. The number of hydrogen-bond donors (Lipinski definition) is 2. The average Bonchev–Trinajstić information content (AvgIpc) is 3.33. The second kappa shape index (κ2) is 10.4. The molecule has 12 heteroatoms. The molecule has 1 fully saturated rings. The molecule has 1 unspecified atom stereocenters. The predicted octanol–water partition coefficient (Wildman–Crippen LogP) is 2.97. The first-order valence-corrected chi connectivity index (χ1v) is 15.3. The fraction of sp³-hybridized carbons (Fsp3) is 0.333. The summed E-state index contributed by atoms with van der Waals surface area (Å²) in [5.74, 6) is -1.33. The molecule has 2 N–H and O–H groups in total. The Labute approximate surface area is 214 Å². The van der Waals surface area contributed by atoms with Crippen molar-refractivity contribution in [1.82, 2.24) is 14.8 Å². The maximum Gasteiger partial charge on any atom is 0.245 e. The number of pyridine rings is 1. The van der Waals surface area contributed by atoms with Crippen molar-refractivity contribution >= 4 is 37.1 Å². The molecule has 0 radical (unpaired) electrons. The minimum atomic E-state index is -4.02. The number of hydrogen-bond acceptors (Lipinski definition) is 8. The highest BCUT2D eigenvalue weighted by Gasteiger charge is 2.50. The second-order valence-electron chi connectivity index (χ2n) is 8.58. The molecule has 9 nitrogen and oxygen atoms in total. The van der Waals surface area contributed by atoms with Crippen molar-refractivity contribution in [3.05, 3.63) is 71.4 Å². The van der Waals surface area contributed by atoms with Gasteiger partial charge in [-0.15, -0.1) is 11.3 Å². The van der Waals surface area contributed by atoms with Gasteiger partial charge in [0.05, 0.1) is 12.2 Å². The molecule has 36 heavy (non-hydrogen) atoms. The molecule has 1 aliphatic heterocycles. The van der Waals surface area contributed by atoms with Crippen LogP contribution in [0.4, 0.5) is 0 Å². The maximum absolute atomic E-state index is 13.7. The largest absolute Gasteiger partial charge is 0.289 e. The van der Waals surface area contributed by atoms with Crippen LogP contribution in [0.5, 0.6) is 0 Å². The van der Waals surface area contributed by atoms with Gasteiger partial charge in [0.2, 0.25) is 15.9 Å². The lowest BCUT2D eigenvalue weighted by atomic mass is 9.97. The van der Waals surface area contributed by atoms with E-state index in [0.29, 0.717) is 4.88 Å². The number of carbonyl (C=O) groups is 1. The number of carbonyl (C=O) groups excluding carboxylic acids is 1. The summed E-state index contributed by atoms with van der Waals surface area (Å²) in [6.45, 7) is 1.69. The number of rotatable bonds is 7. The lowest BCUT2D eigenvalue weighted by Crippen LogP contribution is -2.41. The van der Waals surface area contributed by atoms with Gasteiger partial charge < -0.3 is 0 Å². The Bertz CT molecular complexity index is 1440. The third-order valence-electron chi connectivity index (χ3n) is 6.51. The number of sulfone groups is 1. The van der Waals surface area contributed by atoms with Crippen LogP contribution in [0, 0.1) is 0 Å². The van der Waals surface area contributed by atoms with Crippen LogP contribution in [-0.2, 0) is 35.8 Å². The molecule has 1 atom stereocenters. The molecule has 2 aromatic heterocycles. The molecular formula is C24H27N3O6S3. The number of hydroxylamine groups is 1. The van der Waals surface area contributed by atoms with Crippen molar-refractivity contribution in [2.45, 2.75) is 35.8 Å². The van der Waals surface area contributed by atoms with E-state index in [1.54, 1.807) is 11.5 Å². The van der Waals surface area contributed by atoms with E-state index in [-0.39, 0.29) is 24.4 Å². The molecule has 0 saturated carbocycles. The zero-order valence-electron chi connectivity index (χ0n) is 19.6. The Hall–Kier alpha value is -2.64. The minimum Gasteiger partial charge on any atom is -0.289 e. The number of nitrogens with one attached hydrogen (secondary N) is 1. The number of sulfonamides is 1. The standard InChI is InChI=1S/C24H27N3O6S3/c1-2-18-5-7-19(8-6-18)21-9-10-22(34-21)24(16-23(28)26-29)11-13-27(14-15-35(24,30)31)36(32,33)20-4-3-12-25-17-20/h3-10,12,17,29H,2,11,13-16H2,1H3,(H,26,28). The first-order chi connectivity index (χ1) is 17.1. The van der Waals surface area contributed by atoms with Crippen molar-refractivity contribution in [3.8, 4) is 10.4 Å². The highest BCUT2D eigenvalue weighted by molar-refractivity contribution is 7.92. The number of benzene rings is 1. The van der Waals surface area contributed by atoms with Crippen molar-refractivity contribution in [3.63, 3.8) is 0 Å². The highest BCUT2D eigenvalue weighted by atomic mass is 32.2. The van der Waals surface area contributed by atoms with Gasteiger partial charge in [-0.1, -0.05) is 31.2 Å². The third kappa shape index (κ3) is 4.96. The molecule has 1 amide bonds. The van der Waals surface area contributed by atoms with Crippen LogP contribution in [-0.4, -0.2) is 56.1 Å². The van der Waals surface area contributed by atoms with Gasteiger partial charge in [-0.2, -0.15) is 4.31 Å². The van der Waals surface area contributed by atoms with Gasteiger partial charge >= 0.3 is 0 Å². The molecule has 192 valence electrons. The van der Waals surface area contributed by atoms with Crippen molar-refractivity contribution in [1.29, 1.82) is 0 Å². The third-order valence-corrected chi connectivity index (χ3v) is 12.3. The van der Waals surface area contributed by atoms with E-state index >= 15 is 0 Å². The Morgan fingerprint density at radius 2 is 1.92 bits per heavy atom. The topological polar surface area (TPSA) is 134 Å². The predicted molar refractivity (Wildman–Crippen MR) is 137 cm³/mol. The van der Waals surface area contributed by atoms with Crippen molar-refractivity contribution < 1.29 is 26.8 Å². The van der Waals surface area contributed by atoms with E-state index in [9.17, 15) is 26.8 Å². The Balaban J connectivity index is 1.75. The van der Waals surface area contributed by atoms with E-state index in [4.69, 9.17) is 0 Å². The second-order valence-corrected chi connectivity index (χ2v) is 14.0. The Kier molecular flexibility index (Phi) is 7.62. The van der Waals surface area contributed by atoms with Crippen LogP contribution in [0.15, 0.2) is 65.8 Å². The fourth-order valence-corrected chi connectivity index (χ4v) is 9.51. The van der Waals surface area contributed by atoms with Gasteiger partial charge in [0.25, 0.3) is 0 Å². The number of aromatic nitrogens is 1. The molecule has 1 aliphatic rings. The van der Waals surface area contributed by atoms with Crippen LogP contribution in [0.1, 0.15) is 30.2 Å². The molecule has 1 aromatic carbocycles. The molecule has 3 heterocycles. The molecule has 0 spiro atoms. The summed E-state index contributed by atoms with van der Waals surface area (Å²) in [6, 6.07) is 14.3. The number of amides is 1. The molecule has 0 aliphatic carbocycles. The van der Waals surface area contributed by atoms with Gasteiger partial charge in [0, 0.05) is 35.2 Å². The van der Waals surface area contributed by atoms with Gasteiger partial charge in [0.15, 0.2) is 9.84 Å². The fourth-order valence-electron chi connectivity index (χ4n) is 4.38. The quantitative estimate of drug-likeness (QED) is 0.342. The minimum absolute atomic E-state index is 0.0306. The monoisotopic (exact) mass is 549 g/mol. The summed E-state index contributed by atoms with van der Waals surface area (Å²) in [5, 5.41) is 9.23. The van der Waals surface area contributed by atoms with Gasteiger partial charge in [-0.3, -0.25) is 15.0 Å². The lowest BCUT2D eigenvalue weighted by molar-refractivity contribution is -0.129. The highest BCUT2D eigenvalue weighted by Crippen LogP contribution is 2.45. The van der Waals surface area contributed by atoms with Crippen LogP contribution >= 0.6 is 11.3 Å². The van der Waals surface area contributed by atoms with Crippen LogP contribution in [0.25, 0.3) is 10.4 Å². The van der Waals surface area contributed by atoms with Gasteiger partial charge in [-0.05, 0) is 48.2 Å².